The Bertz CT molecular complexity index is 1030. The molecule has 0 aromatic heterocycles. The van der Waals surface area contributed by atoms with Crippen LogP contribution in [0.3, 0.4) is 0 Å². The number of carbonyl (C=O) groups is 1. The van der Waals surface area contributed by atoms with Crippen LogP contribution < -0.4 is 9.47 Å². The molecule has 0 spiro atoms. The van der Waals surface area contributed by atoms with E-state index in [-0.39, 0.29) is 12.7 Å². The molecule has 0 saturated carbocycles. The third-order valence-electron chi connectivity index (χ3n) is 5.79. The predicted octanol–water partition coefficient (Wildman–Crippen LogP) is 3.18. The van der Waals surface area contributed by atoms with Crippen LogP contribution in [0.25, 0.3) is 0 Å². The smallest absolute Gasteiger partial charge is 0.243 e. The zero-order valence-corrected chi connectivity index (χ0v) is 18.6. The van der Waals surface area contributed by atoms with Crippen LogP contribution in [0.1, 0.15) is 36.8 Å². The van der Waals surface area contributed by atoms with E-state index in [1.165, 1.54) is 0 Å². The van der Waals surface area contributed by atoms with E-state index in [0.29, 0.717) is 43.1 Å². The maximum absolute atomic E-state index is 12.7. The molecule has 4 rings (SSSR count). The molecule has 0 unspecified atom stereocenters. The van der Waals surface area contributed by atoms with E-state index >= 15 is 0 Å². The van der Waals surface area contributed by atoms with Crippen molar-refractivity contribution in [2.24, 2.45) is 0 Å². The number of sulfonamides is 1. The molecule has 7 nitrogen and oxygen atoms in total. The van der Waals surface area contributed by atoms with Gasteiger partial charge >= 0.3 is 0 Å². The van der Waals surface area contributed by atoms with Crippen molar-refractivity contribution in [3.05, 3.63) is 53.6 Å². The summed E-state index contributed by atoms with van der Waals surface area (Å²) < 4.78 is 37.8. The third-order valence-corrected chi connectivity index (χ3v) is 7.70. The Morgan fingerprint density at radius 2 is 1.65 bits per heavy atom. The second-order valence-corrected chi connectivity index (χ2v) is 9.98. The highest BCUT2D eigenvalue weighted by Gasteiger charge is 2.25. The molecular weight excluding hydrogens is 416 g/mol. The lowest BCUT2D eigenvalue weighted by Crippen LogP contribution is -2.35. The van der Waals surface area contributed by atoms with Gasteiger partial charge in [0.2, 0.25) is 22.7 Å². The molecule has 1 saturated heterocycles. The van der Waals surface area contributed by atoms with E-state index in [1.807, 2.05) is 30.3 Å². The van der Waals surface area contributed by atoms with Crippen LogP contribution >= 0.6 is 0 Å². The number of rotatable bonds is 7. The lowest BCUT2D eigenvalue weighted by molar-refractivity contribution is -0.130. The number of piperidine rings is 1. The molecule has 1 amide bonds. The lowest BCUT2D eigenvalue weighted by atomic mass is 10.1. The van der Waals surface area contributed by atoms with Gasteiger partial charge in [0.25, 0.3) is 0 Å². The Balaban J connectivity index is 1.30. The maximum atomic E-state index is 12.7. The largest absolute Gasteiger partial charge is 0.454 e. The van der Waals surface area contributed by atoms with Crippen LogP contribution in [0, 0.1) is 0 Å². The van der Waals surface area contributed by atoms with E-state index in [0.717, 1.165) is 36.1 Å². The standard InChI is InChI=1S/C23H28N2O5S/c1-24(16-19-7-11-21-22(15-19)30-17-29-21)23(26)12-8-18-5-9-20(10-6-18)31(27,28)25-13-3-2-4-14-25/h5-7,9-11,15H,2-4,8,12-14,16-17H2,1H3. The minimum Gasteiger partial charge on any atom is -0.454 e. The van der Waals surface area contributed by atoms with Gasteiger partial charge in [-0.05, 0) is 54.7 Å². The lowest BCUT2D eigenvalue weighted by Gasteiger charge is -2.25. The van der Waals surface area contributed by atoms with Crippen molar-refractivity contribution < 1.29 is 22.7 Å². The number of hydrogen-bond donors (Lipinski definition) is 0. The van der Waals surface area contributed by atoms with Crippen molar-refractivity contribution in [2.45, 2.75) is 43.5 Å². The average molecular weight is 445 g/mol. The fraction of sp³-hybridized carbons (Fsp3) is 0.435. The van der Waals surface area contributed by atoms with Crippen LogP contribution in [0.5, 0.6) is 11.5 Å². The predicted molar refractivity (Wildman–Crippen MR) is 116 cm³/mol. The minimum absolute atomic E-state index is 0.0303. The maximum Gasteiger partial charge on any atom is 0.243 e. The molecule has 2 aliphatic heterocycles. The number of hydrogen-bond acceptors (Lipinski definition) is 5. The summed E-state index contributed by atoms with van der Waals surface area (Å²) in [7, 11) is -1.64. The molecular formula is C23H28N2O5S. The fourth-order valence-electron chi connectivity index (χ4n) is 3.93. The quantitative estimate of drug-likeness (QED) is 0.656. The second kappa shape index (κ2) is 9.28. The molecule has 0 radical (unpaired) electrons. The summed E-state index contributed by atoms with van der Waals surface area (Å²) in [6.07, 6.45) is 3.84. The normalized spacial score (nSPS) is 16.3. The van der Waals surface area contributed by atoms with Gasteiger partial charge in [-0.3, -0.25) is 4.79 Å². The highest BCUT2D eigenvalue weighted by molar-refractivity contribution is 7.89. The number of fused-ring (bicyclic) bond motifs is 1. The van der Waals surface area contributed by atoms with Crippen molar-refractivity contribution in [3.63, 3.8) is 0 Å². The fourth-order valence-corrected chi connectivity index (χ4v) is 5.44. The van der Waals surface area contributed by atoms with Crippen molar-refractivity contribution in [2.75, 3.05) is 26.9 Å². The van der Waals surface area contributed by atoms with Gasteiger partial charge in [-0.15, -0.1) is 0 Å². The van der Waals surface area contributed by atoms with Crippen molar-refractivity contribution in [3.8, 4) is 11.5 Å². The molecule has 0 N–H and O–H groups in total. The summed E-state index contributed by atoms with van der Waals surface area (Å²) in [5.41, 5.74) is 1.93. The zero-order valence-electron chi connectivity index (χ0n) is 17.7. The zero-order chi connectivity index (χ0) is 21.8. The van der Waals surface area contributed by atoms with Crippen LogP contribution in [0.2, 0.25) is 0 Å². The molecule has 8 heteroatoms. The van der Waals surface area contributed by atoms with Crippen molar-refractivity contribution >= 4 is 15.9 Å². The molecule has 2 aromatic rings. The summed E-state index contributed by atoms with van der Waals surface area (Å²) in [6.45, 7) is 1.90. The van der Waals surface area contributed by atoms with Gasteiger partial charge in [0, 0.05) is 33.1 Å². The van der Waals surface area contributed by atoms with Gasteiger partial charge in [-0.2, -0.15) is 4.31 Å². The molecule has 2 heterocycles. The van der Waals surface area contributed by atoms with Gasteiger partial charge < -0.3 is 14.4 Å². The Morgan fingerprint density at radius 1 is 0.968 bits per heavy atom. The number of aryl methyl sites for hydroxylation is 1. The van der Waals surface area contributed by atoms with Crippen LogP contribution in [-0.4, -0.2) is 50.5 Å². The van der Waals surface area contributed by atoms with E-state index < -0.39 is 10.0 Å². The number of amides is 1. The summed E-state index contributed by atoms with van der Waals surface area (Å²) >= 11 is 0. The number of ether oxygens (including phenoxy) is 2. The number of carbonyl (C=O) groups excluding carboxylic acids is 1. The van der Waals surface area contributed by atoms with Gasteiger partial charge in [0.1, 0.15) is 0 Å². The van der Waals surface area contributed by atoms with Crippen LogP contribution in [-0.2, 0) is 27.8 Å². The van der Waals surface area contributed by atoms with E-state index in [1.54, 1.807) is 28.4 Å². The number of nitrogens with zero attached hydrogens (tertiary/aromatic N) is 2. The van der Waals surface area contributed by atoms with E-state index in [9.17, 15) is 13.2 Å². The highest BCUT2D eigenvalue weighted by atomic mass is 32.2. The number of benzene rings is 2. The molecule has 1 fully saturated rings. The summed E-state index contributed by atoms with van der Waals surface area (Å²) in [6, 6.07) is 12.6. The minimum atomic E-state index is -3.42. The molecule has 166 valence electrons. The Hall–Kier alpha value is -2.58. The average Bonchev–Trinajstić information content (AvgIpc) is 3.26. The van der Waals surface area contributed by atoms with Crippen molar-refractivity contribution in [1.82, 2.24) is 9.21 Å². The molecule has 0 atom stereocenters. The molecule has 0 aliphatic carbocycles. The molecule has 2 aliphatic rings. The Kier molecular flexibility index (Phi) is 6.48. The van der Waals surface area contributed by atoms with Gasteiger partial charge in [0.05, 0.1) is 4.90 Å². The molecule has 0 bridgehead atoms. The summed E-state index contributed by atoms with van der Waals surface area (Å²) in [4.78, 5) is 14.6. The first-order valence-electron chi connectivity index (χ1n) is 10.6. The highest BCUT2D eigenvalue weighted by Crippen LogP contribution is 2.32. The SMILES string of the molecule is CN(Cc1ccc2c(c1)OCO2)C(=O)CCc1ccc(S(=O)(=O)N2CCCCC2)cc1. The summed E-state index contributed by atoms with van der Waals surface area (Å²) in [5.74, 6) is 1.46. The molecule has 31 heavy (non-hydrogen) atoms. The first-order valence-corrected chi connectivity index (χ1v) is 12.1. The van der Waals surface area contributed by atoms with Gasteiger partial charge in [-0.25, -0.2) is 8.42 Å². The first-order chi connectivity index (χ1) is 14.9. The molecule has 2 aromatic carbocycles. The first kappa shape index (κ1) is 21.6. The van der Waals surface area contributed by atoms with Crippen LogP contribution in [0.15, 0.2) is 47.4 Å². The third kappa shape index (κ3) is 5.02. The van der Waals surface area contributed by atoms with Crippen LogP contribution in [0.4, 0.5) is 0 Å². The van der Waals surface area contributed by atoms with E-state index in [4.69, 9.17) is 9.47 Å². The van der Waals surface area contributed by atoms with Gasteiger partial charge in [-0.1, -0.05) is 24.6 Å². The van der Waals surface area contributed by atoms with E-state index in [2.05, 4.69) is 0 Å². The van der Waals surface area contributed by atoms with Gasteiger partial charge in [0.15, 0.2) is 11.5 Å². The Morgan fingerprint density at radius 3 is 2.39 bits per heavy atom. The monoisotopic (exact) mass is 444 g/mol. The Labute approximate surface area is 183 Å². The summed E-state index contributed by atoms with van der Waals surface area (Å²) in [5, 5.41) is 0. The topological polar surface area (TPSA) is 76.1 Å². The van der Waals surface area contributed by atoms with Crippen molar-refractivity contribution in [1.29, 1.82) is 0 Å². The second-order valence-electron chi connectivity index (χ2n) is 8.05.